The molecule has 0 saturated carbocycles. The van der Waals surface area contributed by atoms with Gasteiger partial charge in [0.2, 0.25) is 5.91 Å². The van der Waals surface area contributed by atoms with Crippen molar-refractivity contribution in [1.82, 2.24) is 15.1 Å². The number of carboxylic acid groups (broad SMARTS) is 1. The number of urea groups is 1. The van der Waals surface area contributed by atoms with E-state index in [1.807, 2.05) is 80.6 Å². The zero-order valence-corrected chi connectivity index (χ0v) is 26.4. The number of carbonyl (C=O) groups excluding carboxylic acids is 3. The van der Waals surface area contributed by atoms with Crippen LogP contribution in [-0.4, -0.2) is 57.4 Å². The van der Waals surface area contributed by atoms with Crippen LogP contribution in [0.25, 0.3) is 12.2 Å². The van der Waals surface area contributed by atoms with Crippen LogP contribution in [0.3, 0.4) is 0 Å². The molecule has 4 amide bonds. The zero-order valence-electron chi connectivity index (χ0n) is 26.4. The first-order valence-corrected chi connectivity index (χ1v) is 15.0. The second-order valence-electron chi connectivity index (χ2n) is 12.2. The number of methoxy groups -OCH3 is 1. The minimum atomic E-state index is -1.20. The predicted molar refractivity (Wildman–Crippen MR) is 173 cm³/mol. The van der Waals surface area contributed by atoms with Gasteiger partial charge >= 0.3 is 12.0 Å². The molecule has 1 unspecified atom stereocenters. The van der Waals surface area contributed by atoms with Gasteiger partial charge in [-0.1, -0.05) is 92.7 Å². The first-order valence-electron chi connectivity index (χ1n) is 15.0. The fourth-order valence-electron chi connectivity index (χ4n) is 5.41. The lowest BCUT2D eigenvalue weighted by molar-refractivity contribution is -0.140. The molecule has 45 heavy (non-hydrogen) atoms. The maximum absolute atomic E-state index is 13.9. The summed E-state index contributed by atoms with van der Waals surface area (Å²) in [5, 5.41) is 12.4. The van der Waals surface area contributed by atoms with E-state index in [0.717, 1.165) is 21.6 Å². The summed E-state index contributed by atoms with van der Waals surface area (Å²) in [6.45, 7) is 7.34. The zero-order chi connectivity index (χ0) is 32.7. The van der Waals surface area contributed by atoms with Crippen molar-refractivity contribution in [1.29, 1.82) is 0 Å². The van der Waals surface area contributed by atoms with Gasteiger partial charge in [-0.05, 0) is 60.6 Å². The molecule has 0 aromatic heterocycles. The molecular formula is C36H41N3O6. The molecule has 0 radical (unpaired) electrons. The van der Waals surface area contributed by atoms with Crippen molar-refractivity contribution in [3.05, 3.63) is 101 Å². The van der Waals surface area contributed by atoms with Crippen molar-refractivity contribution >= 4 is 36.0 Å². The Bertz CT molecular complexity index is 1550. The number of ether oxygens (including phenoxy) is 1. The van der Waals surface area contributed by atoms with E-state index in [1.54, 1.807) is 38.1 Å². The van der Waals surface area contributed by atoms with Gasteiger partial charge < -0.3 is 20.1 Å². The maximum Gasteiger partial charge on any atom is 0.328 e. The third-order valence-corrected chi connectivity index (χ3v) is 7.94. The van der Waals surface area contributed by atoms with Gasteiger partial charge in [0.05, 0.1) is 19.6 Å². The summed E-state index contributed by atoms with van der Waals surface area (Å²) >= 11 is 0. The van der Waals surface area contributed by atoms with E-state index in [0.29, 0.717) is 11.3 Å². The van der Waals surface area contributed by atoms with E-state index in [2.05, 4.69) is 5.32 Å². The Morgan fingerprint density at radius 3 is 2.18 bits per heavy atom. The normalized spacial score (nSPS) is 15.9. The molecule has 1 aliphatic rings. The molecule has 0 aliphatic carbocycles. The highest BCUT2D eigenvalue weighted by Crippen LogP contribution is 2.33. The van der Waals surface area contributed by atoms with Crippen LogP contribution >= 0.6 is 0 Å². The molecule has 1 heterocycles. The SMILES string of the molecule is COc1cccc(C(CC(=O)O)NC(=O)[C@@H](CC(C)C)N2C(=O)N(Cc3ccc(/C=C/c4ccccc4)cc3)C(C)(C)C2=O)c1. The Kier molecular flexibility index (Phi) is 10.4. The summed E-state index contributed by atoms with van der Waals surface area (Å²) in [4.78, 5) is 55.9. The number of aliphatic carboxylic acids is 1. The van der Waals surface area contributed by atoms with Gasteiger partial charge in [0.1, 0.15) is 17.3 Å². The number of nitrogens with one attached hydrogen (secondary N) is 1. The van der Waals surface area contributed by atoms with Crippen molar-refractivity contribution in [3.8, 4) is 5.75 Å². The van der Waals surface area contributed by atoms with E-state index in [1.165, 1.54) is 12.0 Å². The smallest absolute Gasteiger partial charge is 0.328 e. The summed E-state index contributed by atoms with van der Waals surface area (Å²) in [5.41, 5.74) is 2.25. The fourth-order valence-corrected chi connectivity index (χ4v) is 5.41. The van der Waals surface area contributed by atoms with Gasteiger partial charge in [-0.25, -0.2) is 9.69 Å². The Balaban J connectivity index is 1.56. The number of nitrogens with zero attached hydrogens (tertiary/aromatic N) is 2. The molecule has 1 fully saturated rings. The minimum absolute atomic E-state index is 0.0373. The summed E-state index contributed by atoms with van der Waals surface area (Å²) < 4.78 is 5.28. The molecule has 4 rings (SSSR count). The molecule has 1 aliphatic heterocycles. The first-order chi connectivity index (χ1) is 21.4. The number of carboxylic acids is 1. The van der Waals surface area contributed by atoms with Crippen LogP contribution in [0.2, 0.25) is 0 Å². The van der Waals surface area contributed by atoms with E-state index in [9.17, 15) is 24.3 Å². The highest BCUT2D eigenvalue weighted by Gasteiger charge is 2.54. The molecule has 9 heteroatoms. The third kappa shape index (κ3) is 7.98. The van der Waals surface area contributed by atoms with E-state index in [-0.39, 0.29) is 25.3 Å². The Morgan fingerprint density at radius 2 is 1.58 bits per heavy atom. The second kappa shape index (κ2) is 14.2. The molecule has 2 atom stereocenters. The summed E-state index contributed by atoms with van der Waals surface area (Å²) in [7, 11) is 1.50. The fraction of sp³-hybridized carbons (Fsp3) is 0.333. The van der Waals surface area contributed by atoms with Crippen molar-refractivity contribution < 1.29 is 29.0 Å². The number of hydrogen-bond donors (Lipinski definition) is 2. The van der Waals surface area contributed by atoms with Crippen LogP contribution in [0, 0.1) is 5.92 Å². The topological polar surface area (TPSA) is 116 Å². The van der Waals surface area contributed by atoms with Crippen LogP contribution in [0.4, 0.5) is 4.79 Å². The first kappa shape index (κ1) is 33.0. The van der Waals surface area contributed by atoms with E-state index >= 15 is 0 Å². The van der Waals surface area contributed by atoms with Crippen molar-refractivity contribution in [3.63, 3.8) is 0 Å². The molecule has 0 bridgehead atoms. The molecular weight excluding hydrogens is 570 g/mol. The average Bonchev–Trinajstić information content (AvgIpc) is 3.18. The summed E-state index contributed by atoms with van der Waals surface area (Å²) in [6.07, 6.45) is 3.86. The highest BCUT2D eigenvalue weighted by molar-refractivity contribution is 6.09. The van der Waals surface area contributed by atoms with E-state index < -0.39 is 41.4 Å². The van der Waals surface area contributed by atoms with Gasteiger partial charge in [0.25, 0.3) is 5.91 Å². The minimum Gasteiger partial charge on any atom is -0.497 e. The van der Waals surface area contributed by atoms with Gasteiger partial charge in [-0.2, -0.15) is 0 Å². The number of rotatable bonds is 13. The summed E-state index contributed by atoms with van der Waals surface area (Å²) in [5.74, 6) is -1.70. The van der Waals surface area contributed by atoms with Crippen LogP contribution in [0.1, 0.15) is 68.8 Å². The van der Waals surface area contributed by atoms with Gasteiger partial charge in [-0.3, -0.25) is 14.4 Å². The average molecular weight is 612 g/mol. The third-order valence-electron chi connectivity index (χ3n) is 7.94. The lowest BCUT2D eigenvalue weighted by atomic mass is 9.97. The molecule has 2 N–H and O–H groups in total. The largest absolute Gasteiger partial charge is 0.497 e. The van der Waals surface area contributed by atoms with Crippen molar-refractivity contribution in [2.45, 2.75) is 64.7 Å². The van der Waals surface area contributed by atoms with Crippen LogP contribution < -0.4 is 10.1 Å². The quantitative estimate of drug-likeness (QED) is 0.177. The van der Waals surface area contributed by atoms with Gasteiger partial charge in [0.15, 0.2) is 0 Å². The maximum atomic E-state index is 13.9. The monoisotopic (exact) mass is 611 g/mol. The molecule has 9 nitrogen and oxygen atoms in total. The number of benzene rings is 3. The lowest BCUT2D eigenvalue weighted by Crippen LogP contribution is -2.52. The van der Waals surface area contributed by atoms with E-state index in [4.69, 9.17) is 4.74 Å². The number of carbonyl (C=O) groups is 4. The molecule has 0 spiro atoms. The lowest BCUT2D eigenvalue weighted by Gasteiger charge is -2.29. The van der Waals surface area contributed by atoms with Crippen molar-refractivity contribution in [2.75, 3.05) is 7.11 Å². The van der Waals surface area contributed by atoms with Crippen LogP contribution in [0.15, 0.2) is 78.9 Å². The standard InChI is InChI=1S/C36H41N3O6/c1-24(2)20-31(33(42)37-30(22-32(40)41)28-12-9-13-29(21-28)45-5)39-34(43)36(3,4)38(35(39)44)23-27-18-16-26(17-19-27)15-14-25-10-7-6-8-11-25/h6-19,21,24,30-31H,20,22-23H2,1-5H3,(H,37,42)(H,40,41)/b15-14+/t30?,31-/m1/s1. The Hall–Kier alpha value is -4.92. The Morgan fingerprint density at radius 1 is 0.933 bits per heavy atom. The van der Waals surface area contributed by atoms with Crippen LogP contribution in [-0.2, 0) is 20.9 Å². The number of imide groups is 1. The summed E-state index contributed by atoms with van der Waals surface area (Å²) in [6, 6.07) is 21.9. The second-order valence-corrected chi connectivity index (χ2v) is 12.2. The molecule has 3 aromatic rings. The number of amides is 4. The molecule has 3 aromatic carbocycles. The highest BCUT2D eigenvalue weighted by atomic mass is 16.5. The predicted octanol–water partition coefficient (Wildman–Crippen LogP) is 6.16. The van der Waals surface area contributed by atoms with Crippen molar-refractivity contribution in [2.24, 2.45) is 5.92 Å². The van der Waals surface area contributed by atoms with Crippen LogP contribution in [0.5, 0.6) is 5.75 Å². The van der Waals surface area contributed by atoms with Gasteiger partial charge in [-0.15, -0.1) is 0 Å². The Labute approximate surface area is 264 Å². The van der Waals surface area contributed by atoms with Gasteiger partial charge in [0, 0.05) is 6.54 Å². The molecule has 236 valence electrons. The number of hydrogen-bond acceptors (Lipinski definition) is 5. The molecule has 1 saturated heterocycles.